The Morgan fingerprint density at radius 3 is 2.79 bits per heavy atom. The van der Waals surface area contributed by atoms with Crippen LogP contribution in [0.4, 0.5) is 0 Å². The molecule has 74 valence electrons. The molecule has 0 saturated carbocycles. The lowest BCUT2D eigenvalue weighted by atomic mass is 10.7. The summed E-state index contributed by atoms with van der Waals surface area (Å²) in [7, 11) is 0. The van der Waals surface area contributed by atoms with E-state index < -0.39 is 11.4 Å². The second kappa shape index (κ2) is 2.79. The third-order valence-corrected chi connectivity index (χ3v) is 1.91. The van der Waals surface area contributed by atoms with Crippen molar-refractivity contribution in [2.75, 3.05) is 0 Å². The summed E-state index contributed by atoms with van der Waals surface area (Å²) >= 11 is 0. The molecule has 0 atom stereocenters. The molecule has 0 aliphatic rings. The van der Waals surface area contributed by atoms with Crippen LogP contribution in [-0.4, -0.2) is 24.1 Å². The van der Waals surface area contributed by atoms with Gasteiger partial charge >= 0.3 is 11.4 Å². The van der Waals surface area contributed by atoms with Gasteiger partial charge in [0, 0.05) is 6.54 Å². The summed E-state index contributed by atoms with van der Waals surface area (Å²) in [6.07, 6.45) is 0. The molecule has 0 fully saturated rings. The maximum absolute atomic E-state index is 11.6. The Kier molecular flexibility index (Phi) is 1.73. The second-order valence-electron chi connectivity index (χ2n) is 2.85. The smallest absolute Gasteiger partial charge is 0.275 e. The van der Waals surface area contributed by atoms with Crippen molar-refractivity contribution in [2.45, 2.75) is 20.4 Å². The lowest BCUT2D eigenvalue weighted by molar-refractivity contribution is 0.616. The molecule has 0 amide bonds. The highest BCUT2D eigenvalue weighted by atomic mass is 16.2. The zero-order chi connectivity index (χ0) is 10.3. The van der Waals surface area contributed by atoms with E-state index in [1.165, 1.54) is 0 Å². The molecule has 2 rings (SSSR count). The number of fused-ring (bicyclic) bond motifs is 1. The number of aryl methyl sites for hydroxylation is 1. The first-order chi connectivity index (χ1) is 6.63. The zero-order valence-corrected chi connectivity index (χ0v) is 7.81. The Hall–Kier alpha value is -1.92. The standard InChI is InChI=1S/C7H9N5O2/c1-3-11-6(13)9-5-8-4(2)10-12(5)7(11)14/h3H2,1-2H3,(H,8,9,10,13). The topological polar surface area (TPSA) is 85.1 Å². The normalized spacial score (nSPS) is 11.0. The molecular weight excluding hydrogens is 186 g/mol. The van der Waals surface area contributed by atoms with Crippen LogP contribution in [0.2, 0.25) is 0 Å². The van der Waals surface area contributed by atoms with Crippen LogP contribution < -0.4 is 11.4 Å². The molecule has 2 heterocycles. The molecule has 0 spiro atoms. The van der Waals surface area contributed by atoms with E-state index in [1.54, 1.807) is 13.8 Å². The second-order valence-corrected chi connectivity index (χ2v) is 2.85. The Bertz CT molecular complexity index is 590. The van der Waals surface area contributed by atoms with Crippen LogP contribution in [0, 0.1) is 6.92 Å². The molecule has 0 radical (unpaired) electrons. The monoisotopic (exact) mass is 195 g/mol. The van der Waals surface area contributed by atoms with Crippen LogP contribution in [0.25, 0.3) is 5.78 Å². The summed E-state index contributed by atoms with van der Waals surface area (Å²) in [5, 5.41) is 3.86. The maximum atomic E-state index is 11.6. The number of aromatic amines is 1. The number of H-pyrrole nitrogens is 1. The Morgan fingerprint density at radius 1 is 1.43 bits per heavy atom. The Morgan fingerprint density at radius 2 is 2.14 bits per heavy atom. The molecule has 14 heavy (non-hydrogen) atoms. The minimum Gasteiger partial charge on any atom is -0.275 e. The highest BCUT2D eigenvalue weighted by Crippen LogP contribution is 1.88. The molecule has 0 unspecified atom stereocenters. The van der Waals surface area contributed by atoms with E-state index in [4.69, 9.17) is 0 Å². The predicted molar refractivity (Wildman–Crippen MR) is 48.3 cm³/mol. The maximum Gasteiger partial charge on any atom is 0.356 e. The van der Waals surface area contributed by atoms with Crippen LogP contribution in [0.3, 0.4) is 0 Å². The fourth-order valence-corrected chi connectivity index (χ4v) is 1.27. The summed E-state index contributed by atoms with van der Waals surface area (Å²) in [4.78, 5) is 29.3. The van der Waals surface area contributed by atoms with Gasteiger partial charge in [-0.25, -0.2) is 14.2 Å². The largest absolute Gasteiger partial charge is 0.356 e. The number of hydrogen-bond acceptors (Lipinski definition) is 4. The molecule has 0 bridgehead atoms. The van der Waals surface area contributed by atoms with Gasteiger partial charge in [0.15, 0.2) is 0 Å². The average molecular weight is 195 g/mol. The molecule has 0 aromatic carbocycles. The van der Waals surface area contributed by atoms with Crippen LogP contribution in [0.15, 0.2) is 9.59 Å². The zero-order valence-electron chi connectivity index (χ0n) is 7.81. The number of aromatic nitrogens is 5. The summed E-state index contributed by atoms with van der Waals surface area (Å²) in [6.45, 7) is 3.68. The molecule has 7 heteroatoms. The molecule has 2 aromatic heterocycles. The first-order valence-electron chi connectivity index (χ1n) is 4.20. The SMILES string of the molecule is CCn1c(=O)[nH]c2nc(C)nn2c1=O. The number of rotatable bonds is 1. The number of hydrogen-bond donors (Lipinski definition) is 1. The number of nitrogens with one attached hydrogen (secondary N) is 1. The van der Waals surface area contributed by atoms with Crippen molar-refractivity contribution in [1.29, 1.82) is 0 Å². The van der Waals surface area contributed by atoms with Crippen LogP contribution in [0.1, 0.15) is 12.7 Å². The van der Waals surface area contributed by atoms with Crippen LogP contribution in [0.5, 0.6) is 0 Å². The average Bonchev–Trinajstić information content (AvgIpc) is 2.47. The summed E-state index contributed by atoms with van der Waals surface area (Å²) < 4.78 is 2.14. The molecule has 0 saturated heterocycles. The minimum atomic E-state index is -0.466. The molecule has 7 nitrogen and oxygen atoms in total. The highest BCUT2D eigenvalue weighted by molar-refractivity contribution is 5.23. The minimum absolute atomic E-state index is 0.183. The first kappa shape index (κ1) is 8.67. The summed E-state index contributed by atoms with van der Waals surface area (Å²) in [5.74, 6) is 0.633. The van der Waals surface area contributed by atoms with Crippen LogP contribution >= 0.6 is 0 Å². The molecule has 0 aliphatic heterocycles. The van der Waals surface area contributed by atoms with Gasteiger partial charge in [0.25, 0.3) is 0 Å². The molecular formula is C7H9N5O2. The van der Waals surface area contributed by atoms with Gasteiger partial charge in [-0.2, -0.15) is 4.98 Å². The van der Waals surface area contributed by atoms with Crippen molar-refractivity contribution < 1.29 is 0 Å². The van der Waals surface area contributed by atoms with Crippen molar-refractivity contribution in [3.63, 3.8) is 0 Å². The van der Waals surface area contributed by atoms with Gasteiger partial charge in [-0.3, -0.25) is 4.98 Å². The van der Waals surface area contributed by atoms with E-state index >= 15 is 0 Å². The third kappa shape index (κ3) is 1.05. The van der Waals surface area contributed by atoms with Gasteiger partial charge in [0.2, 0.25) is 5.78 Å². The molecule has 1 N–H and O–H groups in total. The Labute approximate surface area is 78.0 Å². The quantitative estimate of drug-likeness (QED) is 0.626. The fraction of sp³-hybridized carbons (Fsp3) is 0.429. The van der Waals surface area contributed by atoms with Gasteiger partial charge < -0.3 is 0 Å². The van der Waals surface area contributed by atoms with Gasteiger partial charge in [-0.05, 0) is 13.8 Å². The van der Waals surface area contributed by atoms with Gasteiger partial charge in [0.05, 0.1) is 0 Å². The fourth-order valence-electron chi connectivity index (χ4n) is 1.27. The summed E-state index contributed by atoms with van der Waals surface area (Å²) in [5.41, 5.74) is -0.927. The van der Waals surface area contributed by atoms with E-state index in [1.807, 2.05) is 0 Å². The third-order valence-electron chi connectivity index (χ3n) is 1.91. The van der Waals surface area contributed by atoms with Gasteiger partial charge in [0.1, 0.15) is 5.82 Å². The van der Waals surface area contributed by atoms with Crippen LogP contribution in [-0.2, 0) is 6.54 Å². The van der Waals surface area contributed by atoms with E-state index in [0.29, 0.717) is 12.4 Å². The number of nitrogens with zero attached hydrogens (tertiary/aromatic N) is 4. The van der Waals surface area contributed by atoms with E-state index in [-0.39, 0.29) is 5.78 Å². The molecule has 0 aliphatic carbocycles. The molecule has 2 aromatic rings. The van der Waals surface area contributed by atoms with Crippen molar-refractivity contribution in [3.05, 3.63) is 26.8 Å². The predicted octanol–water partition coefficient (Wildman–Crippen LogP) is -1.09. The van der Waals surface area contributed by atoms with E-state index in [2.05, 4.69) is 15.1 Å². The van der Waals surface area contributed by atoms with Crippen molar-refractivity contribution in [2.24, 2.45) is 0 Å². The van der Waals surface area contributed by atoms with E-state index in [0.717, 1.165) is 9.08 Å². The lowest BCUT2D eigenvalue weighted by Crippen LogP contribution is -2.38. The van der Waals surface area contributed by atoms with Gasteiger partial charge in [-0.15, -0.1) is 9.61 Å². The van der Waals surface area contributed by atoms with Crippen molar-refractivity contribution in [1.82, 2.24) is 24.1 Å². The van der Waals surface area contributed by atoms with Crippen molar-refractivity contribution >= 4 is 5.78 Å². The first-order valence-corrected chi connectivity index (χ1v) is 4.20. The van der Waals surface area contributed by atoms with Gasteiger partial charge in [-0.1, -0.05) is 0 Å². The van der Waals surface area contributed by atoms with Crippen molar-refractivity contribution in [3.8, 4) is 0 Å². The summed E-state index contributed by atoms with van der Waals surface area (Å²) in [6, 6.07) is 0. The lowest BCUT2D eigenvalue weighted by Gasteiger charge is -1.98. The Balaban J connectivity index is 3.00. The highest BCUT2D eigenvalue weighted by Gasteiger charge is 2.07. The van der Waals surface area contributed by atoms with E-state index in [9.17, 15) is 9.59 Å².